The minimum atomic E-state index is 0.159. The molecule has 1 amide bonds. The van der Waals surface area contributed by atoms with Gasteiger partial charge in [-0.15, -0.1) is 0 Å². The minimum Gasteiger partial charge on any atom is -0.378 e. The lowest BCUT2D eigenvalue weighted by atomic mass is 10.1. The number of benzene rings is 1. The number of carbonyl (C=O) groups is 1. The molecule has 2 aliphatic heterocycles. The van der Waals surface area contributed by atoms with Crippen molar-refractivity contribution in [1.29, 1.82) is 0 Å². The number of anilines is 1. The molecule has 1 fully saturated rings. The van der Waals surface area contributed by atoms with Crippen LogP contribution in [0.1, 0.15) is 24.8 Å². The fourth-order valence-corrected chi connectivity index (χ4v) is 3.02. The highest BCUT2D eigenvalue weighted by Gasteiger charge is 2.24. The van der Waals surface area contributed by atoms with Crippen molar-refractivity contribution in [2.75, 3.05) is 31.2 Å². The van der Waals surface area contributed by atoms with Gasteiger partial charge in [-0.1, -0.05) is 18.2 Å². The van der Waals surface area contributed by atoms with Crippen molar-refractivity contribution in [3.63, 3.8) is 0 Å². The van der Waals surface area contributed by atoms with E-state index in [2.05, 4.69) is 23.5 Å². The Balaban J connectivity index is 1.73. The standard InChI is InChI=1S/C16H22N2O2/c19-16(11-14-12-20-10-8-17-14)18-9-4-3-6-13-5-1-2-7-15(13)18/h1-2,5,7,14,17H,3-4,6,8-12H2. The summed E-state index contributed by atoms with van der Waals surface area (Å²) in [6.45, 7) is 3.07. The SMILES string of the molecule is O=C(CC1COCCN1)N1CCCCc2ccccc21. The number of carbonyl (C=O) groups excluding carboxylic acids is 1. The molecule has 1 saturated heterocycles. The highest BCUT2D eigenvalue weighted by molar-refractivity contribution is 5.94. The van der Waals surface area contributed by atoms with Crippen LogP contribution in [0.5, 0.6) is 0 Å². The lowest BCUT2D eigenvalue weighted by Gasteiger charge is -2.28. The second-order valence-corrected chi connectivity index (χ2v) is 5.56. The van der Waals surface area contributed by atoms with Gasteiger partial charge in [-0.25, -0.2) is 0 Å². The monoisotopic (exact) mass is 274 g/mol. The zero-order chi connectivity index (χ0) is 13.8. The van der Waals surface area contributed by atoms with Gasteiger partial charge >= 0.3 is 0 Å². The van der Waals surface area contributed by atoms with Crippen LogP contribution in [0.25, 0.3) is 0 Å². The second kappa shape index (κ2) is 6.37. The number of nitrogens with one attached hydrogen (secondary N) is 1. The minimum absolute atomic E-state index is 0.159. The van der Waals surface area contributed by atoms with Gasteiger partial charge in [0.1, 0.15) is 0 Å². The quantitative estimate of drug-likeness (QED) is 0.893. The molecule has 108 valence electrons. The van der Waals surface area contributed by atoms with E-state index in [0.29, 0.717) is 13.0 Å². The first-order chi connectivity index (χ1) is 9.84. The topological polar surface area (TPSA) is 41.6 Å². The number of nitrogens with zero attached hydrogens (tertiary/aromatic N) is 1. The van der Waals surface area contributed by atoms with Crippen molar-refractivity contribution in [2.45, 2.75) is 31.7 Å². The zero-order valence-corrected chi connectivity index (χ0v) is 11.8. The maximum Gasteiger partial charge on any atom is 0.228 e. The van der Waals surface area contributed by atoms with Gasteiger partial charge in [-0.2, -0.15) is 0 Å². The Morgan fingerprint density at radius 1 is 1.35 bits per heavy atom. The molecule has 0 spiro atoms. The van der Waals surface area contributed by atoms with Gasteiger partial charge in [0.05, 0.1) is 13.2 Å². The van der Waals surface area contributed by atoms with Gasteiger partial charge in [0.2, 0.25) is 5.91 Å². The first-order valence-corrected chi connectivity index (χ1v) is 7.54. The lowest BCUT2D eigenvalue weighted by molar-refractivity contribution is -0.119. The van der Waals surface area contributed by atoms with Gasteiger partial charge in [-0.3, -0.25) is 4.79 Å². The Bertz CT molecular complexity index is 469. The van der Waals surface area contributed by atoms with Crippen LogP contribution in [0, 0.1) is 0 Å². The molecule has 1 N–H and O–H groups in total. The van der Waals surface area contributed by atoms with E-state index in [1.54, 1.807) is 0 Å². The van der Waals surface area contributed by atoms with Crippen molar-refractivity contribution in [3.8, 4) is 0 Å². The van der Waals surface area contributed by atoms with E-state index in [1.807, 2.05) is 11.0 Å². The molecular weight excluding hydrogens is 252 g/mol. The van der Waals surface area contributed by atoms with Gasteiger partial charge < -0.3 is 15.0 Å². The number of morpholine rings is 1. The summed E-state index contributed by atoms with van der Waals surface area (Å²) in [5.41, 5.74) is 2.40. The average Bonchev–Trinajstić information content (AvgIpc) is 2.70. The highest BCUT2D eigenvalue weighted by atomic mass is 16.5. The molecule has 0 aromatic heterocycles. The first kappa shape index (κ1) is 13.6. The molecule has 4 nitrogen and oxygen atoms in total. The van der Waals surface area contributed by atoms with E-state index in [9.17, 15) is 4.79 Å². The molecule has 1 aromatic carbocycles. The van der Waals surface area contributed by atoms with Crippen LogP contribution in [0.3, 0.4) is 0 Å². The molecule has 3 rings (SSSR count). The van der Waals surface area contributed by atoms with E-state index in [1.165, 1.54) is 5.56 Å². The fraction of sp³-hybridized carbons (Fsp3) is 0.562. The van der Waals surface area contributed by atoms with Crippen LogP contribution >= 0.6 is 0 Å². The summed E-state index contributed by atoms with van der Waals surface area (Å²) in [6, 6.07) is 8.45. The zero-order valence-electron chi connectivity index (χ0n) is 11.8. The second-order valence-electron chi connectivity index (χ2n) is 5.56. The number of amides is 1. The summed E-state index contributed by atoms with van der Waals surface area (Å²) < 4.78 is 5.43. The fourth-order valence-electron chi connectivity index (χ4n) is 3.02. The molecule has 0 saturated carbocycles. The van der Waals surface area contributed by atoms with Crippen LogP contribution in [0.4, 0.5) is 5.69 Å². The van der Waals surface area contributed by atoms with E-state index in [0.717, 1.165) is 44.6 Å². The molecule has 0 bridgehead atoms. The van der Waals surface area contributed by atoms with Crippen LogP contribution < -0.4 is 10.2 Å². The third-order valence-corrected chi connectivity index (χ3v) is 4.08. The van der Waals surface area contributed by atoms with Crippen molar-refractivity contribution in [2.24, 2.45) is 0 Å². The summed E-state index contributed by atoms with van der Waals surface area (Å²) in [4.78, 5) is 14.6. The van der Waals surface area contributed by atoms with E-state index < -0.39 is 0 Å². The number of hydrogen-bond acceptors (Lipinski definition) is 3. The number of ether oxygens (including phenoxy) is 1. The number of rotatable bonds is 2. The van der Waals surface area contributed by atoms with Crippen molar-refractivity contribution in [3.05, 3.63) is 29.8 Å². The Morgan fingerprint density at radius 3 is 3.10 bits per heavy atom. The molecule has 1 aromatic rings. The summed E-state index contributed by atoms with van der Waals surface area (Å²) in [5, 5.41) is 3.36. The Kier molecular flexibility index (Phi) is 4.33. The summed E-state index contributed by atoms with van der Waals surface area (Å²) >= 11 is 0. The molecule has 2 aliphatic rings. The van der Waals surface area contributed by atoms with Crippen molar-refractivity contribution >= 4 is 11.6 Å². The number of aryl methyl sites for hydroxylation is 1. The molecule has 1 atom stereocenters. The molecule has 1 unspecified atom stereocenters. The van der Waals surface area contributed by atoms with Crippen LogP contribution in [-0.2, 0) is 16.0 Å². The first-order valence-electron chi connectivity index (χ1n) is 7.54. The molecule has 2 heterocycles. The molecule has 4 heteroatoms. The smallest absolute Gasteiger partial charge is 0.228 e. The van der Waals surface area contributed by atoms with E-state index in [-0.39, 0.29) is 11.9 Å². The molecule has 0 aliphatic carbocycles. The Hall–Kier alpha value is -1.39. The van der Waals surface area contributed by atoms with Crippen LogP contribution in [0.2, 0.25) is 0 Å². The van der Waals surface area contributed by atoms with Crippen molar-refractivity contribution < 1.29 is 9.53 Å². The third kappa shape index (κ3) is 3.02. The molecular formula is C16H22N2O2. The average molecular weight is 274 g/mol. The largest absolute Gasteiger partial charge is 0.378 e. The highest BCUT2D eigenvalue weighted by Crippen LogP contribution is 2.26. The number of para-hydroxylation sites is 1. The summed E-state index contributed by atoms with van der Waals surface area (Å²) in [5.74, 6) is 0.211. The van der Waals surface area contributed by atoms with Crippen LogP contribution in [0.15, 0.2) is 24.3 Å². The molecule has 0 radical (unpaired) electrons. The van der Waals surface area contributed by atoms with E-state index >= 15 is 0 Å². The van der Waals surface area contributed by atoms with Gasteiger partial charge in [-0.05, 0) is 30.9 Å². The third-order valence-electron chi connectivity index (χ3n) is 4.08. The van der Waals surface area contributed by atoms with Crippen LogP contribution in [-0.4, -0.2) is 38.3 Å². The van der Waals surface area contributed by atoms with Gasteiger partial charge in [0.15, 0.2) is 0 Å². The molecule has 20 heavy (non-hydrogen) atoms. The van der Waals surface area contributed by atoms with E-state index in [4.69, 9.17) is 4.74 Å². The predicted octanol–water partition coefficient (Wildman–Crippen LogP) is 1.73. The number of fused-ring (bicyclic) bond motifs is 1. The van der Waals surface area contributed by atoms with Gasteiger partial charge in [0.25, 0.3) is 0 Å². The van der Waals surface area contributed by atoms with Gasteiger partial charge in [0, 0.05) is 31.2 Å². The summed E-state index contributed by atoms with van der Waals surface area (Å²) in [6.07, 6.45) is 3.83. The summed E-state index contributed by atoms with van der Waals surface area (Å²) in [7, 11) is 0. The predicted molar refractivity (Wildman–Crippen MR) is 79.0 cm³/mol. The number of hydrogen-bond donors (Lipinski definition) is 1. The maximum atomic E-state index is 12.6. The normalized spacial score (nSPS) is 23.0. The Morgan fingerprint density at radius 2 is 2.25 bits per heavy atom. The van der Waals surface area contributed by atoms with Crippen molar-refractivity contribution in [1.82, 2.24) is 5.32 Å². The maximum absolute atomic E-state index is 12.6. The Labute approximate surface area is 120 Å². The lowest BCUT2D eigenvalue weighted by Crippen LogP contribution is -2.45.